The number of hydrogen-bond donors (Lipinski definition) is 2. The zero-order chi connectivity index (χ0) is 18.6. The molecule has 8 heteroatoms. The number of nitrogens with zero attached hydrogens (tertiary/aromatic N) is 2. The summed E-state index contributed by atoms with van der Waals surface area (Å²) in [6, 6.07) is 16.5. The van der Waals surface area contributed by atoms with E-state index in [2.05, 4.69) is 4.90 Å². The Bertz CT molecular complexity index is 846. The monoisotopic (exact) mass is 375 g/mol. The van der Waals surface area contributed by atoms with E-state index < -0.39 is 10.3 Å². The highest BCUT2D eigenvalue weighted by Crippen LogP contribution is 2.20. The topological polar surface area (TPSA) is 90.0 Å². The van der Waals surface area contributed by atoms with Crippen LogP contribution in [0.25, 0.3) is 0 Å². The third-order valence-corrected chi connectivity index (χ3v) is 4.80. The van der Waals surface area contributed by atoms with Crippen molar-refractivity contribution in [2.45, 2.75) is 6.42 Å². The van der Waals surface area contributed by atoms with E-state index >= 15 is 0 Å². The molecule has 2 aromatic rings. The first-order valence-electron chi connectivity index (χ1n) is 8.33. The smallest absolute Gasteiger partial charge is 0.357 e. The molecule has 138 valence electrons. The van der Waals surface area contributed by atoms with Gasteiger partial charge in [-0.15, -0.1) is 0 Å². The molecule has 2 aromatic carbocycles. The fourth-order valence-electron chi connectivity index (χ4n) is 2.99. The molecular weight excluding hydrogens is 354 g/mol. The number of hydrogen-bond acceptors (Lipinski definition) is 4. The first-order valence-corrected chi connectivity index (χ1v) is 9.77. The zero-order valence-corrected chi connectivity index (χ0v) is 15.0. The molecule has 0 bridgehead atoms. The molecule has 0 aromatic heterocycles. The van der Waals surface area contributed by atoms with Crippen molar-refractivity contribution in [1.82, 2.24) is 4.90 Å². The standard InChI is InChI=1S/C18H21N3O4S/c22-18(14-15-4-2-1-3-5-15)21-12-10-20(11-13-21)17-8-6-16(7-9-17)19-26(23,24)25/h1-9,19H,10-14H2,(H,23,24,25). The van der Waals surface area contributed by atoms with Crippen molar-refractivity contribution in [3.05, 3.63) is 60.2 Å². The lowest BCUT2D eigenvalue weighted by Gasteiger charge is -2.36. The fraction of sp³-hybridized carbons (Fsp3) is 0.278. The summed E-state index contributed by atoms with van der Waals surface area (Å²) in [5.74, 6) is 0.128. The molecule has 26 heavy (non-hydrogen) atoms. The summed E-state index contributed by atoms with van der Waals surface area (Å²) in [6.07, 6.45) is 0.414. The third kappa shape index (κ3) is 4.96. The van der Waals surface area contributed by atoms with Crippen LogP contribution in [0.1, 0.15) is 5.56 Å². The summed E-state index contributed by atoms with van der Waals surface area (Å²) >= 11 is 0. The Morgan fingerprint density at radius 2 is 1.58 bits per heavy atom. The average Bonchev–Trinajstić information content (AvgIpc) is 2.62. The molecule has 2 N–H and O–H groups in total. The van der Waals surface area contributed by atoms with Crippen LogP contribution < -0.4 is 9.62 Å². The Labute approximate surface area is 153 Å². The Morgan fingerprint density at radius 1 is 0.962 bits per heavy atom. The molecule has 1 aliphatic heterocycles. The number of anilines is 2. The van der Waals surface area contributed by atoms with Gasteiger partial charge < -0.3 is 9.80 Å². The summed E-state index contributed by atoms with van der Waals surface area (Å²) < 4.78 is 32.4. The molecule has 1 saturated heterocycles. The van der Waals surface area contributed by atoms with Gasteiger partial charge in [0.15, 0.2) is 0 Å². The van der Waals surface area contributed by atoms with Crippen LogP contribution in [0.5, 0.6) is 0 Å². The van der Waals surface area contributed by atoms with Crippen LogP contribution in [0.4, 0.5) is 11.4 Å². The summed E-state index contributed by atoms with van der Waals surface area (Å²) in [5.41, 5.74) is 2.26. The quantitative estimate of drug-likeness (QED) is 0.778. The largest absolute Gasteiger partial charge is 0.368 e. The molecule has 1 amide bonds. The summed E-state index contributed by atoms with van der Waals surface area (Å²) in [4.78, 5) is 16.4. The molecule has 1 heterocycles. The van der Waals surface area contributed by atoms with E-state index in [0.717, 1.165) is 11.3 Å². The van der Waals surface area contributed by atoms with Gasteiger partial charge in [0.05, 0.1) is 12.1 Å². The molecule has 1 aliphatic rings. The van der Waals surface area contributed by atoms with Gasteiger partial charge in [-0.05, 0) is 29.8 Å². The third-order valence-electron chi connectivity index (χ3n) is 4.31. The van der Waals surface area contributed by atoms with E-state index in [9.17, 15) is 13.2 Å². The molecule has 7 nitrogen and oxygen atoms in total. The van der Waals surface area contributed by atoms with Crippen molar-refractivity contribution < 1.29 is 17.8 Å². The second-order valence-corrected chi connectivity index (χ2v) is 7.31. The molecule has 0 aliphatic carbocycles. The number of carbonyl (C=O) groups is 1. The van der Waals surface area contributed by atoms with E-state index in [1.165, 1.54) is 0 Å². The molecule has 0 spiro atoms. The maximum atomic E-state index is 12.4. The predicted molar refractivity (Wildman–Crippen MR) is 101 cm³/mol. The lowest BCUT2D eigenvalue weighted by atomic mass is 10.1. The molecule has 0 saturated carbocycles. The van der Waals surface area contributed by atoms with Crippen molar-refractivity contribution in [2.24, 2.45) is 0 Å². The Hall–Kier alpha value is -2.58. The van der Waals surface area contributed by atoms with Crippen LogP contribution in [0, 0.1) is 0 Å². The number of piperazine rings is 1. The minimum Gasteiger partial charge on any atom is -0.368 e. The van der Waals surface area contributed by atoms with Crippen molar-refractivity contribution in [1.29, 1.82) is 0 Å². The van der Waals surface area contributed by atoms with Gasteiger partial charge in [-0.1, -0.05) is 30.3 Å². The van der Waals surface area contributed by atoms with Gasteiger partial charge >= 0.3 is 10.3 Å². The van der Waals surface area contributed by atoms with Gasteiger partial charge in [-0.3, -0.25) is 14.1 Å². The fourth-order valence-corrected chi connectivity index (χ4v) is 3.42. The average molecular weight is 375 g/mol. The number of amides is 1. The molecule has 0 atom stereocenters. The van der Waals surface area contributed by atoms with Crippen molar-refractivity contribution >= 4 is 27.6 Å². The number of carbonyl (C=O) groups excluding carboxylic acids is 1. The minimum atomic E-state index is -4.27. The van der Waals surface area contributed by atoms with Crippen LogP contribution in [0.3, 0.4) is 0 Å². The maximum Gasteiger partial charge on any atom is 0.357 e. The highest BCUT2D eigenvalue weighted by atomic mass is 32.2. The molecule has 3 rings (SSSR count). The van der Waals surface area contributed by atoms with E-state index in [-0.39, 0.29) is 5.91 Å². The van der Waals surface area contributed by atoms with Gasteiger partial charge in [0.1, 0.15) is 0 Å². The molecule has 0 radical (unpaired) electrons. The minimum absolute atomic E-state index is 0.128. The highest BCUT2D eigenvalue weighted by molar-refractivity contribution is 7.87. The van der Waals surface area contributed by atoms with Crippen molar-refractivity contribution in [3.63, 3.8) is 0 Å². The molecule has 0 unspecified atom stereocenters. The van der Waals surface area contributed by atoms with Gasteiger partial charge in [-0.2, -0.15) is 8.42 Å². The normalized spacial score (nSPS) is 15.0. The lowest BCUT2D eigenvalue weighted by Crippen LogP contribution is -2.49. The van der Waals surface area contributed by atoms with E-state index in [1.54, 1.807) is 24.3 Å². The maximum absolute atomic E-state index is 12.4. The van der Waals surface area contributed by atoms with Crippen LogP contribution in [-0.2, 0) is 21.5 Å². The Kier molecular flexibility index (Phi) is 5.43. The Morgan fingerprint density at radius 3 is 2.15 bits per heavy atom. The van der Waals surface area contributed by atoms with Crippen LogP contribution in [0.15, 0.2) is 54.6 Å². The zero-order valence-electron chi connectivity index (χ0n) is 14.2. The van der Waals surface area contributed by atoms with Crippen LogP contribution >= 0.6 is 0 Å². The van der Waals surface area contributed by atoms with Crippen LogP contribution in [-0.4, -0.2) is 50.0 Å². The Balaban J connectivity index is 1.54. The highest BCUT2D eigenvalue weighted by Gasteiger charge is 2.21. The van der Waals surface area contributed by atoms with Gasteiger partial charge in [-0.25, -0.2) is 0 Å². The molecule has 1 fully saturated rings. The second-order valence-electron chi connectivity index (χ2n) is 6.15. The predicted octanol–water partition coefficient (Wildman–Crippen LogP) is 1.79. The van der Waals surface area contributed by atoms with Gasteiger partial charge in [0.25, 0.3) is 0 Å². The number of nitrogens with one attached hydrogen (secondary N) is 1. The summed E-state index contributed by atoms with van der Waals surface area (Å²) in [7, 11) is -4.27. The van der Waals surface area contributed by atoms with Crippen molar-refractivity contribution in [3.8, 4) is 0 Å². The lowest BCUT2D eigenvalue weighted by molar-refractivity contribution is -0.130. The molecular formula is C18H21N3O4S. The van der Waals surface area contributed by atoms with Crippen LogP contribution in [0.2, 0.25) is 0 Å². The van der Waals surface area contributed by atoms with Gasteiger partial charge in [0, 0.05) is 31.9 Å². The van der Waals surface area contributed by atoms with Gasteiger partial charge in [0.2, 0.25) is 5.91 Å². The number of benzene rings is 2. The summed E-state index contributed by atoms with van der Waals surface area (Å²) in [5, 5.41) is 0. The first kappa shape index (κ1) is 18.2. The number of rotatable bonds is 5. The first-order chi connectivity index (χ1) is 12.4. The van der Waals surface area contributed by atoms with E-state index in [1.807, 2.05) is 40.0 Å². The summed E-state index contributed by atoms with van der Waals surface area (Å²) in [6.45, 7) is 2.73. The SMILES string of the molecule is O=C(Cc1ccccc1)N1CCN(c2ccc(NS(=O)(=O)O)cc2)CC1. The van der Waals surface area contributed by atoms with E-state index in [0.29, 0.717) is 38.3 Å². The second kappa shape index (κ2) is 7.76. The van der Waals surface area contributed by atoms with Crippen molar-refractivity contribution in [2.75, 3.05) is 35.8 Å². The van der Waals surface area contributed by atoms with E-state index in [4.69, 9.17) is 4.55 Å².